The van der Waals surface area contributed by atoms with Gasteiger partial charge in [-0.15, -0.1) is 0 Å². The fourth-order valence-electron chi connectivity index (χ4n) is 5.80. The summed E-state index contributed by atoms with van der Waals surface area (Å²) in [7, 11) is 5.22. The zero-order valence-corrected chi connectivity index (χ0v) is 30.3. The Morgan fingerprint density at radius 3 is 2.35 bits per heavy atom. The molecule has 4 rings (SSSR count). The van der Waals surface area contributed by atoms with Crippen LogP contribution in [0.15, 0.2) is 78.9 Å². The third-order valence-electron chi connectivity index (χ3n) is 8.89. The minimum atomic E-state index is -0.414. The predicted molar refractivity (Wildman–Crippen MR) is 205 cm³/mol. The Balaban J connectivity index is 0.000000277. The summed E-state index contributed by atoms with van der Waals surface area (Å²) in [6.45, 7) is 5.08. The van der Waals surface area contributed by atoms with E-state index in [9.17, 15) is 24.0 Å². The third-order valence-corrected chi connectivity index (χ3v) is 8.89. The second kappa shape index (κ2) is 21.0. The summed E-state index contributed by atoms with van der Waals surface area (Å²) in [6.07, 6.45) is 5.43. The molecule has 0 aliphatic heterocycles. The van der Waals surface area contributed by atoms with Crippen LogP contribution in [0.1, 0.15) is 82.5 Å². The lowest BCUT2D eigenvalue weighted by Crippen LogP contribution is -2.34. The van der Waals surface area contributed by atoms with Crippen LogP contribution in [0.25, 0.3) is 10.8 Å². The molecule has 0 heterocycles. The Morgan fingerprint density at radius 1 is 0.902 bits per heavy atom. The van der Waals surface area contributed by atoms with Crippen LogP contribution in [0.3, 0.4) is 0 Å². The molecule has 0 spiro atoms. The second-order valence-electron chi connectivity index (χ2n) is 12.5. The van der Waals surface area contributed by atoms with Crippen molar-refractivity contribution in [1.82, 2.24) is 15.5 Å². The Labute approximate surface area is 301 Å². The number of fused-ring (bicyclic) bond motifs is 1. The number of nitrogens with zero attached hydrogens (tertiary/aromatic N) is 1. The van der Waals surface area contributed by atoms with Crippen LogP contribution >= 0.6 is 0 Å². The number of amides is 2. The molecular formula is C41H51N5O5. The van der Waals surface area contributed by atoms with Crippen LogP contribution in [0, 0.1) is 6.92 Å². The van der Waals surface area contributed by atoms with Gasteiger partial charge in [0, 0.05) is 62.5 Å². The van der Waals surface area contributed by atoms with Crippen LogP contribution in [-0.4, -0.2) is 69.3 Å². The van der Waals surface area contributed by atoms with E-state index in [4.69, 9.17) is 0 Å². The molecule has 0 aliphatic carbocycles. The van der Waals surface area contributed by atoms with Gasteiger partial charge in [-0.1, -0.05) is 60.7 Å². The zero-order chi connectivity index (χ0) is 37.2. The Hall–Kier alpha value is -5.35. The summed E-state index contributed by atoms with van der Waals surface area (Å²) in [5, 5.41) is 14.4. The molecule has 0 bridgehead atoms. The molecule has 0 saturated heterocycles. The molecule has 10 nitrogen and oxygen atoms in total. The van der Waals surface area contributed by atoms with Gasteiger partial charge in [0.25, 0.3) is 5.91 Å². The quantitative estimate of drug-likeness (QED) is 0.0687. The van der Waals surface area contributed by atoms with E-state index in [-0.39, 0.29) is 24.3 Å². The van der Waals surface area contributed by atoms with Gasteiger partial charge in [-0.05, 0) is 85.8 Å². The molecule has 4 aromatic carbocycles. The van der Waals surface area contributed by atoms with E-state index in [2.05, 4.69) is 45.5 Å². The number of carbonyl (C=O) groups excluding carboxylic acids is 5. The fourth-order valence-corrected chi connectivity index (χ4v) is 5.80. The highest BCUT2D eigenvalue weighted by molar-refractivity contribution is 5.97. The molecule has 0 aromatic heterocycles. The monoisotopic (exact) mass is 693 g/mol. The van der Waals surface area contributed by atoms with Crippen molar-refractivity contribution in [2.24, 2.45) is 0 Å². The number of likely N-dealkylation sites (N-methyl/N-ethyl adjacent to an activating group) is 1. The molecule has 2 amide bonds. The average Bonchev–Trinajstić information content (AvgIpc) is 3.15. The highest BCUT2D eigenvalue weighted by Crippen LogP contribution is 2.25. The number of aldehydes is 3. The van der Waals surface area contributed by atoms with Crippen molar-refractivity contribution in [3.8, 4) is 0 Å². The Bertz CT molecular complexity index is 1770. The van der Waals surface area contributed by atoms with Gasteiger partial charge in [0.1, 0.15) is 18.9 Å². The number of hydrogen-bond acceptors (Lipinski definition) is 8. The van der Waals surface area contributed by atoms with E-state index in [1.54, 1.807) is 20.2 Å². The first-order valence-electron chi connectivity index (χ1n) is 17.3. The summed E-state index contributed by atoms with van der Waals surface area (Å²) < 4.78 is 0. The number of aryl methyl sites for hydroxylation is 1. The van der Waals surface area contributed by atoms with Crippen molar-refractivity contribution >= 4 is 52.8 Å². The first-order valence-corrected chi connectivity index (χ1v) is 17.3. The standard InChI is InChI=1S/C21H22N2O.C20H29N3O4/c1-14-11-12-17(22-3)13-20(14)21(24)23-15(2)18-10-6-8-16-7-4-5-9-19(16)18;1-21-20(27)10-9-17(15-26)23(2)13-18-16(14-25)7-6-8-19(18)22-11-4-3-5-12-24/h4-13,15,22H,1-3H3,(H,23,24);6-8,12,14-15,17,22H,3-5,9-11,13H2,1-2H3,(H,21,27). The van der Waals surface area contributed by atoms with Crippen molar-refractivity contribution in [2.45, 2.75) is 64.6 Å². The topological polar surface area (TPSA) is 137 Å². The molecule has 270 valence electrons. The molecule has 4 N–H and O–H groups in total. The summed E-state index contributed by atoms with van der Waals surface area (Å²) in [5.74, 6) is -0.161. The van der Waals surface area contributed by atoms with Crippen LogP contribution in [0.5, 0.6) is 0 Å². The summed E-state index contributed by atoms with van der Waals surface area (Å²) in [6, 6.07) is 25.2. The van der Waals surface area contributed by atoms with Gasteiger partial charge in [0.2, 0.25) is 5.91 Å². The molecule has 0 fully saturated rings. The summed E-state index contributed by atoms with van der Waals surface area (Å²) in [4.78, 5) is 59.3. The number of nitrogens with one attached hydrogen (secondary N) is 4. The number of hydrogen-bond donors (Lipinski definition) is 4. The van der Waals surface area contributed by atoms with Crippen LogP contribution in [0.4, 0.5) is 11.4 Å². The van der Waals surface area contributed by atoms with Crippen molar-refractivity contribution < 1.29 is 24.0 Å². The largest absolute Gasteiger partial charge is 0.388 e. The van der Waals surface area contributed by atoms with E-state index in [1.165, 1.54) is 10.8 Å². The Morgan fingerprint density at radius 2 is 1.65 bits per heavy atom. The SMILES string of the molecule is CNC(=O)CCC(C=O)N(C)Cc1c(C=O)cccc1NCCCCC=O.CNc1ccc(C)c(C(=O)NC(C)c2cccc3ccccc23)c1. The molecule has 0 aliphatic rings. The van der Waals surface area contributed by atoms with Crippen LogP contribution in [-0.2, 0) is 20.9 Å². The second-order valence-corrected chi connectivity index (χ2v) is 12.5. The van der Waals surface area contributed by atoms with Crippen LogP contribution < -0.4 is 21.3 Å². The van der Waals surface area contributed by atoms with Gasteiger partial charge in [-0.2, -0.15) is 0 Å². The predicted octanol–water partition coefficient (Wildman–Crippen LogP) is 6.49. The summed E-state index contributed by atoms with van der Waals surface area (Å²) in [5.41, 5.74) is 5.96. The van der Waals surface area contributed by atoms with E-state index in [0.717, 1.165) is 59.8 Å². The lowest BCUT2D eigenvalue weighted by molar-refractivity contribution is -0.121. The fraction of sp³-hybridized carbons (Fsp3) is 0.341. The molecule has 4 aromatic rings. The third kappa shape index (κ3) is 11.9. The number of rotatable bonds is 18. The lowest BCUT2D eigenvalue weighted by Gasteiger charge is -2.25. The van der Waals surface area contributed by atoms with Gasteiger partial charge >= 0.3 is 0 Å². The lowest BCUT2D eigenvalue weighted by atomic mass is 9.99. The zero-order valence-electron chi connectivity index (χ0n) is 30.3. The molecule has 2 unspecified atom stereocenters. The number of unbranched alkanes of at least 4 members (excludes halogenated alkanes) is 2. The van der Waals surface area contributed by atoms with Crippen molar-refractivity contribution in [2.75, 3.05) is 38.3 Å². The molecule has 0 saturated carbocycles. The first-order chi connectivity index (χ1) is 24.7. The van der Waals surface area contributed by atoms with Crippen LogP contribution in [0.2, 0.25) is 0 Å². The highest BCUT2D eigenvalue weighted by atomic mass is 16.2. The molecule has 0 radical (unpaired) electrons. The van der Waals surface area contributed by atoms with Crippen molar-refractivity contribution in [1.29, 1.82) is 0 Å². The molecule has 51 heavy (non-hydrogen) atoms. The number of carbonyl (C=O) groups is 5. The minimum Gasteiger partial charge on any atom is -0.388 e. The molecular weight excluding hydrogens is 642 g/mol. The molecule has 10 heteroatoms. The van der Waals surface area contributed by atoms with Gasteiger partial charge < -0.3 is 30.9 Å². The van der Waals surface area contributed by atoms with E-state index < -0.39 is 6.04 Å². The Kier molecular flexibility index (Phi) is 16.5. The number of benzene rings is 4. The minimum absolute atomic E-state index is 0.0509. The summed E-state index contributed by atoms with van der Waals surface area (Å²) >= 11 is 0. The van der Waals surface area contributed by atoms with Gasteiger partial charge in [-0.25, -0.2) is 0 Å². The maximum Gasteiger partial charge on any atom is 0.252 e. The first kappa shape index (κ1) is 40.1. The van der Waals surface area contributed by atoms with Gasteiger partial charge in [0.15, 0.2) is 0 Å². The van der Waals surface area contributed by atoms with Crippen molar-refractivity contribution in [3.05, 3.63) is 107 Å². The number of anilines is 2. The smallest absolute Gasteiger partial charge is 0.252 e. The average molecular weight is 694 g/mol. The van der Waals surface area contributed by atoms with E-state index in [1.807, 2.05) is 74.3 Å². The maximum absolute atomic E-state index is 12.7. The highest BCUT2D eigenvalue weighted by Gasteiger charge is 2.19. The molecule has 2 atom stereocenters. The van der Waals surface area contributed by atoms with Crippen molar-refractivity contribution in [3.63, 3.8) is 0 Å². The normalized spacial score (nSPS) is 11.8. The maximum atomic E-state index is 12.7. The van der Waals surface area contributed by atoms with E-state index in [0.29, 0.717) is 37.1 Å². The van der Waals surface area contributed by atoms with E-state index >= 15 is 0 Å². The van der Waals surface area contributed by atoms with Gasteiger partial charge in [0.05, 0.1) is 12.1 Å². The van der Waals surface area contributed by atoms with Gasteiger partial charge in [-0.3, -0.25) is 19.3 Å².